The quantitative estimate of drug-likeness (QED) is 0.482. The van der Waals surface area contributed by atoms with Gasteiger partial charge in [0.05, 0.1) is 11.1 Å². The molecule has 0 aliphatic rings. The van der Waals surface area contributed by atoms with Crippen molar-refractivity contribution in [2.45, 2.75) is 6.04 Å². The van der Waals surface area contributed by atoms with E-state index in [0.29, 0.717) is 10.8 Å². The molecule has 0 bridgehead atoms. The first-order valence-electron chi connectivity index (χ1n) is 8.56. The van der Waals surface area contributed by atoms with Gasteiger partial charge < -0.3 is 10.6 Å². The smallest absolute Gasteiger partial charge is 0.264 e. The molecule has 6 heteroatoms. The summed E-state index contributed by atoms with van der Waals surface area (Å²) in [7, 11) is 0. The lowest BCUT2D eigenvalue weighted by molar-refractivity contribution is -0.117. The van der Waals surface area contributed by atoms with Crippen molar-refractivity contribution < 1.29 is 4.79 Å². The van der Waals surface area contributed by atoms with Crippen LogP contribution in [0.25, 0.3) is 0 Å². The molecule has 2 N–H and O–H groups in total. The van der Waals surface area contributed by atoms with Crippen LogP contribution < -0.4 is 10.6 Å². The first-order chi connectivity index (χ1) is 13.7. The molecule has 3 rings (SSSR count). The Morgan fingerprint density at radius 1 is 1.00 bits per heavy atom. The maximum absolute atomic E-state index is 12.7. The summed E-state index contributed by atoms with van der Waals surface area (Å²) in [5.41, 5.74) is 1.78. The minimum Gasteiger partial charge on any atom is -0.345 e. The van der Waals surface area contributed by atoms with Gasteiger partial charge in [0, 0.05) is 12.4 Å². The van der Waals surface area contributed by atoms with Gasteiger partial charge in [0.25, 0.3) is 5.91 Å². The molecular formula is C22H17ClN4O. The average Bonchev–Trinajstić information content (AvgIpc) is 2.75. The van der Waals surface area contributed by atoms with Gasteiger partial charge in [0.15, 0.2) is 0 Å². The Kier molecular flexibility index (Phi) is 6.40. The SMILES string of the molecule is N#C/C(=C/Nc1ccc(Cl)cn1)C(=O)NC(c1ccccc1)c1ccccc1. The molecule has 1 aromatic heterocycles. The third kappa shape index (κ3) is 4.97. The van der Waals surface area contributed by atoms with Crippen molar-refractivity contribution in [1.82, 2.24) is 10.3 Å². The zero-order chi connectivity index (χ0) is 19.8. The molecule has 0 saturated carbocycles. The summed E-state index contributed by atoms with van der Waals surface area (Å²) < 4.78 is 0. The minimum absolute atomic E-state index is 0.0615. The molecule has 0 unspecified atom stereocenters. The van der Waals surface area contributed by atoms with Gasteiger partial charge in [-0.05, 0) is 23.3 Å². The fourth-order valence-electron chi connectivity index (χ4n) is 2.61. The molecule has 28 heavy (non-hydrogen) atoms. The molecule has 1 amide bonds. The Bertz CT molecular complexity index is 957. The van der Waals surface area contributed by atoms with Crippen LogP contribution in [0.4, 0.5) is 5.82 Å². The Labute approximate surface area is 168 Å². The molecule has 3 aromatic rings. The summed E-state index contributed by atoms with van der Waals surface area (Å²) in [5.74, 6) is -0.00529. The van der Waals surface area contributed by atoms with Crippen LogP contribution in [-0.4, -0.2) is 10.9 Å². The molecule has 0 radical (unpaired) electrons. The monoisotopic (exact) mass is 388 g/mol. The molecule has 0 spiro atoms. The lowest BCUT2D eigenvalue weighted by atomic mass is 9.98. The van der Waals surface area contributed by atoms with Crippen molar-refractivity contribution in [3.63, 3.8) is 0 Å². The van der Waals surface area contributed by atoms with E-state index in [1.54, 1.807) is 12.1 Å². The third-order valence-electron chi connectivity index (χ3n) is 4.00. The zero-order valence-corrected chi connectivity index (χ0v) is 15.6. The number of carbonyl (C=O) groups excluding carboxylic acids is 1. The van der Waals surface area contributed by atoms with Crippen LogP contribution in [0.15, 0.2) is 90.8 Å². The number of halogens is 1. The molecule has 1 heterocycles. The van der Waals surface area contributed by atoms with Gasteiger partial charge in [-0.25, -0.2) is 4.98 Å². The molecule has 138 valence electrons. The van der Waals surface area contributed by atoms with E-state index >= 15 is 0 Å². The number of rotatable bonds is 6. The molecule has 0 aliphatic heterocycles. The highest BCUT2D eigenvalue weighted by molar-refractivity contribution is 6.30. The van der Waals surface area contributed by atoms with Crippen molar-refractivity contribution in [2.75, 3.05) is 5.32 Å². The number of hydrogen-bond acceptors (Lipinski definition) is 4. The minimum atomic E-state index is -0.485. The second-order valence-corrected chi connectivity index (χ2v) is 6.34. The number of anilines is 1. The first-order valence-corrected chi connectivity index (χ1v) is 8.94. The maximum atomic E-state index is 12.7. The predicted octanol–water partition coefficient (Wildman–Crippen LogP) is 4.46. The van der Waals surface area contributed by atoms with Crippen molar-refractivity contribution in [3.8, 4) is 6.07 Å². The number of aromatic nitrogens is 1. The van der Waals surface area contributed by atoms with Crippen LogP contribution in [0.1, 0.15) is 17.2 Å². The van der Waals surface area contributed by atoms with Crippen molar-refractivity contribution in [3.05, 3.63) is 107 Å². The van der Waals surface area contributed by atoms with Crippen LogP contribution in [0.5, 0.6) is 0 Å². The van der Waals surface area contributed by atoms with E-state index in [0.717, 1.165) is 11.1 Å². The summed E-state index contributed by atoms with van der Waals surface area (Å²) >= 11 is 5.80. The Balaban J connectivity index is 1.81. The first kappa shape index (κ1) is 19.2. The van der Waals surface area contributed by atoms with Gasteiger partial charge in [0.1, 0.15) is 17.5 Å². The summed E-state index contributed by atoms with van der Waals surface area (Å²) in [6.07, 6.45) is 2.81. The highest BCUT2D eigenvalue weighted by Gasteiger charge is 2.19. The third-order valence-corrected chi connectivity index (χ3v) is 4.22. The summed E-state index contributed by atoms with van der Waals surface area (Å²) in [6, 6.07) is 24.1. The lowest BCUT2D eigenvalue weighted by Gasteiger charge is -2.19. The van der Waals surface area contributed by atoms with Gasteiger partial charge in [0.2, 0.25) is 0 Å². The van der Waals surface area contributed by atoms with E-state index in [1.165, 1.54) is 12.4 Å². The molecule has 0 atom stereocenters. The molecule has 0 fully saturated rings. The van der Waals surface area contributed by atoms with Crippen LogP contribution in [-0.2, 0) is 4.79 Å². The van der Waals surface area contributed by atoms with E-state index in [9.17, 15) is 10.1 Å². The van der Waals surface area contributed by atoms with Crippen LogP contribution >= 0.6 is 11.6 Å². The number of nitrogens with zero attached hydrogens (tertiary/aromatic N) is 2. The number of hydrogen-bond donors (Lipinski definition) is 2. The number of pyridine rings is 1. The van der Waals surface area contributed by atoms with E-state index < -0.39 is 5.91 Å². The van der Waals surface area contributed by atoms with Gasteiger partial charge in [-0.15, -0.1) is 0 Å². The summed E-state index contributed by atoms with van der Waals surface area (Å²) in [6.45, 7) is 0. The number of carbonyl (C=O) groups is 1. The van der Waals surface area contributed by atoms with Gasteiger partial charge in [-0.2, -0.15) is 5.26 Å². The molecule has 0 aliphatic carbocycles. The van der Waals surface area contributed by atoms with Crippen molar-refractivity contribution in [1.29, 1.82) is 5.26 Å². The van der Waals surface area contributed by atoms with Gasteiger partial charge in [-0.1, -0.05) is 72.3 Å². The summed E-state index contributed by atoms with van der Waals surface area (Å²) in [5, 5.41) is 15.7. The second kappa shape index (κ2) is 9.36. The van der Waals surface area contributed by atoms with E-state index in [1.807, 2.05) is 66.7 Å². The maximum Gasteiger partial charge on any atom is 0.264 e. The molecule has 5 nitrogen and oxygen atoms in total. The average molecular weight is 389 g/mol. The standard InChI is InChI=1S/C22H17ClN4O/c23-19-11-12-20(26-15-19)25-14-18(13-24)22(28)27-21(16-7-3-1-4-8-16)17-9-5-2-6-10-17/h1-12,14-15,21H,(H,25,26)(H,27,28)/b18-14-. The largest absolute Gasteiger partial charge is 0.345 e. The fraction of sp³-hybridized carbons (Fsp3) is 0.0455. The number of nitrogens with one attached hydrogen (secondary N) is 2. The van der Waals surface area contributed by atoms with Gasteiger partial charge >= 0.3 is 0 Å². The summed E-state index contributed by atoms with van der Waals surface area (Å²) in [4.78, 5) is 16.8. The Morgan fingerprint density at radius 2 is 1.61 bits per heavy atom. The molecular weight excluding hydrogens is 372 g/mol. The molecule has 2 aromatic carbocycles. The number of amides is 1. The normalized spacial score (nSPS) is 11.0. The van der Waals surface area contributed by atoms with Crippen LogP contribution in [0.3, 0.4) is 0 Å². The number of benzene rings is 2. The second-order valence-electron chi connectivity index (χ2n) is 5.90. The lowest BCUT2D eigenvalue weighted by Crippen LogP contribution is -2.30. The zero-order valence-electron chi connectivity index (χ0n) is 14.8. The Hall–Kier alpha value is -3.62. The van der Waals surface area contributed by atoms with E-state index in [2.05, 4.69) is 15.6 Å². The fourth-order valence-corrected chi connectivity index (χ4v) is 2.73. The number of nitriles is 1. The van der Waals surface area contributed by atoms with Crippen LogP contribution in [0.2, 0.25) is 5.02 Å². The molecule has 0 saturated heterocycles. The highest BCUT2D eigenvalue weighted by atomic mass is 35.5. The highest BCUT2D eigenvalue weighted by Crippen LogP contribution is 2.22. The van der Waals surface area contributed by atoms with Gasteiger partial charge in [-0.3, -0.25) is 4.79 Å². The predicted molar refractivity (Wildman–Crippen MR) is 109 cm³/mol. The van der Waals surface area contributed by atoms with E-state index in [4.69, 9.17) is 11.6 Å². The van der Waals surface area contributed by atoms with E-state index in [-0.39, 0.29) is 11.6 Å². The van der Waals surface area contributed by atoms with Crippen molar-refractivity contribution >= 4 is 23.3 Å². The topological polar surface area (TPSA) is 77.8 Å². The van der Waals surface area contributed by atoms with Crippen LogP contribution in [0, 0.1) is 11.3 Å². The Morgan fingerprint density at radius 3 is 2.11 bits per heavy atom. The van der Waals surface area contributed by atoms with Crippen molar-refractivity contribution in [2.24, 2.45) is 0 Å².